The molecule has 0 bridgehead atoms. The van der Waals surface area contributed by atoms with Crippen LogP contribution in [0.2, 0.25) is 0 Å². The molecule has 0 heterocycles. The second kappa shape index (κ2) is 8.48. The number of amides is 1. The Labute approximate surface area is 104 Å². The van der Waals surface area contributed by atoms with Gasteiger partial charge in [0.25, 0.3) is 0 Å². The van der Waals surface area contributed by atoms with E-state index in [1.54, 1.807) is 0 Å². The number of nitrogens with two attached hydrogens (primary N) is 1. The molecule has 0 aromatic carbocycles. The molecule has 2 unspecified atom stereocenters. The Morgan fingerprint density at radius 3 is 2.76 bits per heavy atom. The van der Waals surface area contributed by atoms with Crippen molar-refractivity contribution in [1.82, 2.24) is 5.32 Å². The number of carbonyl (C=O) groups is 1. The summed E-state index contributed by atoms with van der Waals surface area (Å²) in [4.78, 5) is 11.8. The highest BCUT2D eigenvalue weighted by molar-refractivity contribution is 5.79. The van der Waals surface area contributed by atoms with E-state index in [1.165, 1.54) is 0 Å². The third kappa shape index (κ3) is 5.50. The van der Waals surface area contributed by atoms with Crippen molar-refractivity contribution in [3.63, 3.8) is 0 Å². The summed E-state index contributed by atoms with van der Waals surface area (Å²) in [6.45, 7) is 4.41. The van der Waals surface area contributed by atoms with Crippen molar-refractivity contribution in [3.8, 4) is 0 Å². The predicted molar refractivity (Wildman–Crippen MR) is 68.7 cm³/mol. The zero-order valence-corrected chi connectivity index (χ0v) is 10.9. The van der Waals surface area contributed by atoms with E-state index in [2.05, 4.69) is 12.2 Å². The lowest BCUT2D eigenvalue weighted by atomic mass is 10.0. The predicted octanol–water partition coefficient (Wildman–Crippen LogP) is 1.44. The van der Waals surface area contributed by atoms with Crippen LogP contribution in [0.1, 0.15) is 45.4 Å². The van der Waals surface area contributed by atoms with E-state index in [1.807, 2.05) is 0 Å². The second-order valence-corrected chi connectivity index (χ2v) is 4.81. The molecule has 0 aromatic heterocycles. The van der Waals surface area contributed by atoms with Crippen LogP contribution in [0.25, 0.3) is 0 Å². The van der Waals surface area contributed by atoms with Gasteiger partial charge in [-0.3, -0.25) is 4.79 Å². The van der Waals surface area contributed by atoms with Gasteiger partial charge in [0.05, 0.1) is 5.92 Å². The van der Waals surface area contributed by atoms with Gasteiger partial charge in [-0.2, -0.15) is 0 Å². The van der Waals surface area contributed by atoms with E-state index < -0.39 is 0 Å². The van der Waals surface area contributed by atoms with Crippen LogP contribution in [0.4, 0.5) is 0 Å². The van der Waals surface area contributed by atoms with E-state index in [0.717, 1.165) is 51.7 Å². The maximum absolute atomic E-state index is 11.8. The molecule has 0 saturated heterocycles. The van der Waals surface area contributed by atoms with Crippen LogP contribution in [0.3, 0.4) is 0 Å². The highest BCUT2D eigenvalue weighted by atomic mass is 16.5. The molecule has 3 N–H and O–H groups in total. The molecule has 1 fully saturated rings. The lowest BCUT2D eigenvalue weighted by molar-refractivity contribution is -0.125. The first-order valence-electron chi connectivity index (χ1n) is 6.86. The number of nitrogens with one attached hydrogen (secondary N) is 1. The number of unbranched alkanes of at least 4 members (excludes halogenated alkanes) is 1. The van der Waals surface area contributed by atoms with Crippen LogP contribution in [-0.4, -0.2) is 31.7 Å². The first kappa shape index (κ1) is 14.5. The molecule has 4 nitrogen and oxygen atoms in total. The average Bonchev–Trinajstić information content (AvgIpc) is 2.74. The summed E-state index contributed by atoms with van der Waals surface area (Å²) in [5, 5.41) is 2.95. The fourth-order valence-corrected chi connectivity index (χ4v) is 2.18. The van der Waals surface area contributed by atoms with E-state index in [0.29, 0.717) is 6.54 Å². The quantitative estimate of drug-likeness (QED) is 0.633. The lowest BCUT2D eigenvalue weighted by Crippen LogP contribution is -2.39. The van der Waals surface area contributed by atoms with Gasteiger partial charge in [-0.1, -0.05) is 19.8 Å². The Morgan fingerprint density at radius 2 is 2.12 bits per heavy atom. The third-order valence-corrected chi connectivity index (χ3v) is 3.31. The molecule has 2 atom stereocenters. The smallest absolute Gasteiger partial charge is 0.224 e. The van der Waals surface area contributed by atoms with Gasteiger partial charge in [-0.25, -0.2) is 0 Å². The largest absolute Gasteiger partial charge is 0.381 e. The topological polar surface area (TPSA) is 64.3 Å². The first-order valence-corrected chi connectivity index (χ1v) is 6.86. The number of rotatable bonds is 8. The minimum absolute atomic E-state index is 0.0380. The molecule has 0 aromatic rings. The molecule has 1 aliphatic carbocycles. The van der Waals surface area contributed by atoms with Crippen LogP contribution in [0, 0.1) is 5.92 Å². The molecule has 1 rings (SSSR count). The Kier molecular flexibility index (Phi) is 7.21. The second-order valence-electron chi connectivity index (χ2n) is 4.81. The summed E-state index contributed by atoms with van der Waals surface area (Å²) >= 11 is 0. The van der Waals surface area contributed by atoms with Gasteiger partial charge in [0.15, 0.2) is 0 Å². The van der Waals surface area contributed by atoms with Crippen molar-refractivity contribution >= 4 is 5.91 Å². The molecule has 17 heavy (non-hydrogen) atoms. The molecule has 0 aliphatic heterocycles. The first-order chi connectivity index (χ1) is 8.25. The molecule has 1 aliphatic rings. The molecule has 1 amide bonds. The van der Waals surface area contributed by atoms with Crippen molar-refractivity contribution in [2.45, 2.75) is 51.5 Å². The van der Waals surface area contributed by atoms with Crippen molar-refractivity contribution in [2.24, 2.45) is 11.7 Å². The summed E-state index contributed by atoms with van der Waals surface area (Å²) in [6, 6.07) is 0.0656. The normalized spacial score (nSPS) is 23.9. The molecule has 0 radical (unpaired) electrons. The SMILES string of the molecule is CCCCOCCCNC(=O)C1CCCC1N. The summed E-state index contributed by atoms with van der Waals surface area (Å²) in [5.41, 5.74) is 5.88. The summed E-state index contributed by atoms with van der Waals surface area (Å²) in [5.74, 6) is 0.166. The number of ether oxygens (including phenoxy) is 1. The van der Waals surface area contributed by atoms with E-state index in [4.69, 9.17) is 10.5 Å². The maximum atomic E-state index is 11.8. The lowest BCUT2D eigenvalue weighted by Gasteiger charge is -2.15. The molecule has 0 spiro atoms. The van der Waals surface area contributed by atoms with Gasteiger partial charge < -0.3 is 15.8 Å². The van der Waals surface area contributed by atoms with Gasteiger partial charge in [0.1, 0.15) is 0 Å². The van der Waals surface area contributed by atoms with Gasteiger partial charge in [0.2, 0.25) is 5.91 Å². The van der Waals surface area contributed by atoms with E-state index in [-0.39, 0.29) is 17.9 Å². The Hall–Kier alpha value is -0.610. The van der Waals surface area contributed by atoms with Crippen LogP contribution in [-0.2, 0) is 9.53 Å². The zero-order valence-electron chi connectivity index (χ0n) is 10.9. The molecule has 100 valence electrons. The standard InChI is InChI=1S/C13H26N2O2/c1-2-3-9-17-10-5-8-15-13(16)11-6-4-7-12(11)14/h11-12H,2-10,14H2,1H3,(H,15,16). The highest BCUT2D eigenvalue weighted by Crippen LogP contribution is 2.23. The van der Waals surface area contributed by atoms with Gasteiger partial charge in [0, 0.05) is 25.8 Å². The number of hydrogen-bond donors (Lipinski definition) is 2. The minimum atomic E-state index is 0.0380. The molecular formula is C13H26N2O2. The van der Waals surface area contributed by atoms with Gasteiger partial charge in [-0.05, 0) is 25.7 Å². The van der Waals surface area contributed by atoms with E-state index >= 15 is 0 Å². The van der Waals surface area contributed by atoms with Gasteiger partial charge >= 0.3 is 0 Å². The minimum Gasteiger partial charge on any atom is -0.381 e. The Morgan fingerprint density at radius 1 is 1.35 bits per heavy atom. The fourth-order valence-electron chi connectivity index (χ4n) is 2.18. The summed E-state index contributed by atoms with van der Waals surface area (Å²) in [6.07, 6.45) is 6.18. The van der Waals surface area contributed by atoms with Crippen molar-refractivity contribution in [3.05, 3.63) is 0 Å². The highest BCUT2D eigenvalue weighted by Gasteiger charge is 2.29. The van der Waals surface area contributed by atoms with Crippen molar-refractivity contribution < 1.29 is 9.53 Å². The Bertz CT molecular complexity index is 221. The molecular weight excluding hydrogens is 216 g/mol. The molecule has 1 saturated carbocycles. The van der Waals surface area contributed by atoms with Gasteiger partial charge in [-0.15, -0.1) is 0 Å². The van der Waals surface area contributed by atoms with Crippen molar-refractivity contribution in [1.29, 1.82) is 0 Å². The van der Waals surface area contributed by atoms with Crippen LogP contribution in [0.15, 0.2) is 0 Å². The molecule has 4 heteroatoms. The average molecular weight is 242 g/mol. The van der Waals surface area contributed by atoms with Crippen LogP contribution >= 0.6 is 0 Å². The third-order valence-electron chi connectivity index (χ3n) is 3.31. The number of carbonyl (C=O) groups excluding carboxylic acids is 1. The monoisotopic (exact) mass is 242 g/mol. The van der Waals surface area contributed by atoms with Crippen LogP contribution < -0.4 is 11.1 Å². The Balaban J connectivity index is 1.97. The van der Waals surface area contributed by atoms with Crippen molar-refractivity contribution in [2.75, 3.05) is 19.8 Å². The zero-order chi connectivity index (χ0) is 12.5. The maximum Gasteiger partial charge on any atom is 0.224 e. The van der Waals surface area contributed by atoms with E-state index in [9.17, 15) is 4.79 Å². The number of hydrogen-bond acceptors (Lipinski definition) is 3. The fraction of sp³-hybridized carbons (Fsp3) is 0.923. The summed E-state index contributed by atoms with van der Waals surface area (Å²) in [7, 11) is 0. The van der Waals surface area contributed by atoms with Crippen LogP contribution in [0.5, 0.6) is 0 Å². The summed E-state index contributed by atoms with van der Waals surface area (Å²) < 4.78 is 5.43.